The first kappa shape index (κ1) is 50.0. The van der Waals surface area contributed by atoms with Gasteiger partial charge in [-0.2, -0.15) is 5.10 Å². The molecule has 4 aromatic carbocycles. The molecule has 3 amide bonds. The van der Waals surface area contributed by atoms with Gasteiger partial charge in [0.05, 0.1) is 33.4 Å². The highest BCUT2D eigenvalue weighted by Crippen LogP contribution is 2.38. The molecule has 11 rings (SSSR count). The summed E-state index contributed by atoms with van der Waals surface area (Å²) in [5, 5.41) is 22.3. The lowest BCUT2D eigenvalue weighted by Crippen LogP contribution is -2.57. The Morgan fingerprint density at radius 3 is 2.44 bits per heavy atom. The van der Waals surface area contributed by atoms with Gasteiger partial charge in [0.25, 0.3) is 5.91 Å². The van der Waals surface area contributed by atoms with Gasteiger partial charge in [0.1, 0.15) is 11.6 Å². The number of aromatic carboxylic acids is 1. The maximum absolute atomic E-state index is 13.7. The van der Waals surface area contributed by atoms with Crippen LogP contribution in [-0.4, -0.2) is 97.8 Å². The number of piperidine rings is 1. The number of carboxylic acid groups (broad SMARTS) is 1. The van der Waals surface area contributed by atoms with Crippen LogP contribution in [0.15, 0.2) is 91.0 Å². The van der Waals surface area contributed by atoms with E-state index in [4.69, 9.17) is 14.8 Å². The monoisotopic (exact) mass is 1030 g/mol. The highest BCUT2D eigenvalue weighted by Gasteiger charge is 2.34. The van der Waals surface area contributed by atoms with Crippen molar-refractivity contribution in [1.29, 1.82) is 0 Å². The summed E-state index contributed by atoms with van der Waals surface area (Å²) in [6, 6.07) is 30.5. The van der Waals surface area contributed by atoms with Crippen LogP contribution in [0.5, 0.6) is 5.75 Å². The molecule has 3 N–H and O–H groups in total. The Bertz CT molecular complexity index is 3280. The zero-order chi connectivity index (χ0) is 51.9. The predicted molar refractivity (Wildman–Crippen MR) is 294 cm³/mol. The van der Waals surface area contributed by atoms with Gasteiger partial charge in [-0.3, -0.25) is 34.6 Å². The number of anilines is 3. The van der Waals surface area contributed by atoms with E-state index in [-0.39, 0.29) is 29.5 Å². The number of fused-ring (bicyclic) bond motifs is 3. The van der Waals surface area contributed by atoms with Crippen molar-refractivity contribution in [2.45, 2.75) is 116 Å². The summed E-state index contributed by atoms with van der Waals surface area (Å²) in [4.78, 5) is 67.6. The number of ether oxygens (including phenoxy) is 1. The number of unbranched alkanes of at least 4 members (excludes halogenated alkanes) is 1. The quantitative estimate of drug-likeness (QED) is 0.0696. The number of amides is 3. The average Bonchev–Trinajstić information content (AvgIpc) is 3.98. The lowest BCUT2D eigenvalue weighted by Gasteiger charge is -2.45. The van der Waals surface area contributed by atoms with Gasteiger partial charge < -0.3 is 19.6 Å². The van der Waals surface area contributed by atoms with Crippen LogP contribution >= 0.6 is 11.3 Å². The van der Waals surface area contributed by atoms with Gasteiger partial charge in [0.2, 0.25) is 11.8 Å². The number of aryl methyl sites for hydroxylation is 1. The second kappa shape index (κ2) is 21.2. The second-order valence-electron chi connectivity index (χ2n) is 21.2. The van der Waals surface area contributed by atoms with E-state index in [0.717, 1.165) is 100 Å². The Kier molecular flexibility index (Phi) is 14.1. The van der Waals surface area contributed by atoms with E-state index >= 15 is 0 Å². The first-order valence-electron chi connectivity index (χ1n) is 26.7. The number of para-hydroxylation sites is 1. The number of thiazole rings is 1. The molecule has 0 bridgehead atoms. The van der Waals surface area contributed by atoms with Gasteiger partial charge in [0.15, 0.2) is 10.8 Å². The third kappa shape index (κ3) is 10.3. The number of carbonyl (C=O) groups excluding carboxylic acids is 3. The molecular formula is C59H65N9O6S. The van der Waals surface area contributed by atoms with Crippen molar-refractivity contribution in [3.05, 3.63) is 125 Å². The number of hydrogen-bond acceptors (Lipinski definition) is 12. The van der Waals surface area contributed by atoms with Crippen LogP contribution in [0.25, 0.3) is 32.2 Å². The summed E-state index contributed by atoms with van der Waals surface area (Å²) in [6.45, 7) is 10.7. The standard InChI is InChI=1S/C59H65N9O6S/c1-35-32-67(40-20-23-45-49(31-40)65(4)64-54(45)46-25-27-53(69)62-57(46)71)33-36(2)68(35)29-8-7-11-38-18-21-41(22-19-38)74-50-16-10-13-42(37(50)3)43-24-26-52(61-55(43)58(72)73)66-30-28-39-12-9-14-44(47(39)34-66)56(70)63-59-60-48-15-5-6-17-51(48)75-59/h5-6,9-10,12-17,20,23-24,26,31,35-36,38,41,46H,7-8,11,18-19,21-22,25,27-30,32-34H2,1-4H3,(H,72,73)(H,60,63,70)(H,62,69,71)/t35-,36+,38?,41?,46?. The molecule has 15 nitrogen and oxygen atoms in total. The van der Waals surface area contributed by atoms with Crippen LogP contribution in [-0.2, 0) is 29.6 Å². The van der Waals surface area contributed by atoms with Gasteiger partial charge in [-0.05, 0) is 155 Å². The molecule has 16 heteroatoms. The largest absolute Gasteiger partial charge is 0.490 e. The number of benzene rings is 4. The Balaban J connectivity index is 0.661. The smallest absolute Gasteiger partial charge is 0.355 e. The minimum absolute atomic E-state index is 0.0179. The number of aromatic nitrogens is 4. The Morgan fingerprint density at radius 1 is 0.853 bits per heavy atom. The van der Waals surface area contributed by atoms with E-state index in [1.54, 1.807) is 0 Å². The van der Waals surface area contributed by atoms with Crippen LogP contribution in [0.4, 0.5) is 16.6 Å². The van der Waals surface area contributed by atoms with Crippen LogP contribution in [0.2, 0.25) is 0 Å². The SMILES string of the molecule is Cc1c(OC2CCC(CCCCN3[C@H](C)CN(c4ccc5c(C6CCC(=O)NC6=O)nn(C)c5c4)C[C@@H]3C)CC2)cccc1-c1ccc(N2CCc3cccc(C(=O)Nc4nc5ccccc5s4)c3C2)nc1C(=O)O. The van der Waals surface area contributed by atoms with Gasteiger partial charge in [-0.15, -0.1) is 0 Å². The van der Waals surface area contributed by atoms with E-state index < -0.39 is 11.9 Å². The van der Waals surface area contributed by atoms with Crippen molar-refractivity contribution in [3.8, 4) is 16.9 Å². The van der Waals surface area contributed by atoms with Gasteiger partial charge in [-0.25, -0.2) is 14.8 Å². The molecule has 4 aliphatic rings. The molecule has 388 valence electrons. The number of pyridine rings is 1. The van der Waals surface area contributed by atoms with E-state index in [9.17, 15) is 24.3 Å². The molecule has 1 saturated carbocycles. The summed E-state index contributed by atoms with van der Waals surface area (Å²) < 4.78 is 9.58. The summed E-state index contributed by atoms with van der Waals surface area (Å²) in [6.07, 6.45) is 9.47. The van der Waals surface area contributed by atoms with Gasteiger partial charge >= 0.3 is 5.97 Å². The topological polar surface area (TPSA) is 175 Å². The Morgan fingerprint density at radius 2 is 1.65 bits per heavy atom. The summed E-state index contributed by atoms with van der Waals surface area (Å²) in [7, 11) is 1.93. The number of rotatable bonds is 14. The predicted octanol–water partition coefficient (Wildman–Crippen LogP) is 10.3. The van der Waals surface area contributed by atoms with Gasteiger partial charge in [0, 0.05) is 73.9 Å². The lowest BCUT2D eigenvalue weighted by atomic mass is 9.84. The molecule has 3 fully saturated rings. The first-order valence-corrected chi connectivity index (χ1v) is 27.5. The molecule has 6 heterocycles. The molecule has 3 atom stereocenters. The fourth-order valence-electron chi connectivity index (χ4n) is 12.3. The fraction of sp³-hybridized carbons (Fsp3) is 0.407. The molecule has 2 saturated heterocycles. The molecule has 3 aromatic heterocycles. The number of carboxylic acids is 1. The van der Waals surface area contributed by atoms with Crippen molar-refractivity contribution >= 4 is 72.8 Å². The normalized spacial score (nSPS) is 21.3. The minimum Gasteiger partial charge on any atom is -0.490 e. The van der Waals surface area contributed by atoms with E-state index in [1.165, 1.54) is 36.3 Å². The highest BCUT2D eigenvalue weighted by atomic mass is 32.1. The molecular weight excluding hydrogens is 963 g/mol. The zero-order valence-corrected chi connectivity index (χ0v) is 44.0. The van der Waals surface area contributed by atoms with Crippen LogP contribution in [0.3, 0.4) is 0 Å². The number of piperazine rings is 1. The second-order valence-corrected chi connectivity index (χ2v) is 22.2. The van der Waals surface area contributed by atoms with E-state index in [2.05, 4.69) is 68.4 Å². The molecule has 0 spiro atoms. The van der Waals surface area contributed by atoms with Crippen molar-refractivity contribution in [3.63, 3.8) is 0 Å². The van der Waals surface area contributed by atoms with Crippen molar-refractivity contribution in [2.24, 2.45) is 13.0 Å². The van der Waals surface area contributed by atoms with Crippen molar-refractivity contribution in [2.75, 3.05) is 41.3 Å². The third-order valence-corrected chi connectivity index (χ3v) is 17.2. The maximum atomic E-state index is 13.7. The molecule has 3 aliphatic heterocycles. The van der Waals surface area contributed by atoms with Crippen molar-refractivity contribution < 1.29 is 29.0 Å². The van der Waals surface area contributed by atoms with Crippen LogP contribution in [0.1, 0.15) is 121 Å². The van der Waals surface area contributed by atoms with Crippen LogP contribution in [0, 0.1) is 12.8 Å². The summed E-state index contributed by atoms with van der Waals surface area (Å²) in [5.74, 6) is -0.203. The number of imide groups is 1. The maximum Gasteiger partial charge on any atom is 0.355 e. The number of hydrogen-bond donors (Lipinski definition) is 3. The lowest BCUT2D eigenvalue weighted by molar-refractivity contribution is -0.134. The minimum atomic E-state index is -1.10. The molecule has 0 radical (unpaired) electrons. The molecule has 1 aliphatic carbocycles. The Labute approximate surface area is 441 Å². The van der Waals surface area contributed by atoms with Crippen LogP contribution < -0.4 is 25.2 Å². The first-order chi connectivity index (χ1) is 36.3. The fourth-order valence-corrected chi connectivity index (χ4v) is 13.1. The number of nitrogens with zero attached hydrogens (tertiary/aromatic N) is 7. The number of carbonyl (C=O) groups is 4. The zero-order valence-electron chi connectivity index (χ0n) is 43.2. The third-order valence-electron chi connectivity index (χ3n) is 16.3. The molecule has 7 aromatic rings. The van der Waals surface area contributed by atoms with Crippen molar-refractivity contribution in [1.82, 2.24) is 30.0 Å². The molecule has 1 unspecified atom stereocenters. The summed E-state index contributed by atoms with van der Waals surface area (Å²) >= 11 is 1.44. The summed E-state index contributed by atoms with van der Waals surface area (Å²) in [5.41, 5.74) is 8.51. The molecule has 75 heavy (non-hydrogen) atoms. The van der Waals surface area contributed by atoms with E-state index in [1.807, 2.05) is 85.4 Å². The van der Waals surface area contributed by atoms with E-state index in [0.29, 0.717) is 72.4 Å². The highest BCUT2D eigenvalue weighted by molar-refractivity contribution is 7.22. The van der Waals surface area contributed by atoms with Gasteiger partial charge in [-0.1, -0.05) is 60.6 Å². The average molecular weight is 1030 g/mol. The Hall–Kier alpha value is -7.17. The number of nitrogens with one attached hydrogen (secondary N) is 2.